The minimum atomic E-state index is -0.737. The predicted octanol–water partition coefficient (Wildman–Crippen LogP) is 2.81. The maximum absolute atomic E-state index is 13.9. The average molecular weight is 332 g/mol. The maximum Gasteiger partial charge on any atom is 0.319 e. The molecule has 0 aliphatic carbocycles. The zero-order chi connectivity index (χ0) is 16.9. The summed E-state index contributed by atoms with van der Waals surface area (Å²) < 4.78 is 38.1. The van der Waals surface area contributed by atoms with Gasteiger partial charge in [0.2, 0.25) is 0 Å². The molecular weight excluding hydrogens is 318 g/mol. The van der Waals surface area contributed by atoms with Crippen molar-refractivity contribution in [3.8, 4) is 6.01 Å². The summed E-state index contributed by atoms with van der Waals surface area (Å²) in [6.45, 7) is 0.0359. The molecule has 2 heterocycles. The van der Waals surface area contributed by atoms with Gasteiger partial charge in [-0.3, -0.25) is 5.01 Å². The first-order chi connectivity index (χ1) is 11.6. The maximum atomic E-state index is 13.9. The summed E-state index contributed by atoms with van der Waals surface area (Å²) >= 11 is 0. The van der Waals surface area contributed by atoms with Crippen LogP contribution in [0.3, 0.4) is 0 Å². The molecule has 6 nitrogen and oxygen atoms in total. The molecule has 0 saturated heterocycles. The Balaban J connectivity index is 1.74. The van der Waals surface area contributed by atoms with Crippen LogP contribution in [0.15, 0.2) is 53.3 Å². The van der Waals surface area contributed by atoms with Gasteiger partial charge in [0.1, 0.15) is 18.2 Å². The molecule has 3 aromatic rings. The van der Waals surface area contributed by atoms with Crippen molar-refractivity contribution in [3.05, 3.63) is 71.8 Å². The number of aromatic nitrogens is 2. The monoisotopic (exact) mass is 332 g/mol. The van der Waals surface area contributed by atoms with Gasteiger partial charge in [0.05, 0.1) is 19.0 Å². The molecule has 0 saturated carbocycles. The van der Waals surface area contributed by atoms with Crippen LogP contribution in [0.5, 0.6) is 6.01 Å². The Hall–Kier alpha value is -3.00. The average Bonchev–Trinajstić information content (AvgIpc) is 3.09. The van der Waals surface area contributed by atoms with E-state index in [2.05, 4.69) is 9.97 Å². The third-order valence-corrected chi connectivity index (χ3v) is 3.20. The summed E-state index contributed by atoms with van der Waals surface area (Å²) in [5, 5.41) is 0.995. The number of hydrogen-bond donors (Lipinski definition) is 1. The van der Waals surface area contributed by atoms with Gasteiger partial charge in [-0.25, -0.2) is 19.6 Å². The van der Waals surface area contributed by atoms with E-state index in [0.29, 0.717) is 11.3 Å². The molecule has 8 heteroatoms. The third-order valence-electron chi connectivity index (χ3n) is 3.20. The Bertz CT molecular complexity index is 812. The number of furan rings is 1. The molecule has 2 aromatic heterocycles. The number of anilines is 1. The van der Waals surface area contributed by atoms with E-state index in [1.54, 1.807) is 30.3 Å². The Kier molecular flexibility index (Phi) is 4.66. The van der Waals surface area contributed by atoms with Crippen LogP contribution in [-0.4, -0.2) is 9.97 Å². The quantitative estimate of drug-likeness (QED) is 0.552. The van der Waals surface area contributed by atoms with Gasteiger partial charge >= 0.3 is 6.01 Å². The number of nitrogens with zero attached hydrogens (tertiary/aromatic N) is 3. The lowest BCUT2D eigenvalue weighted by atomic mass is 10.2. The largest absolute Gasteiger partial charge is 0.466 e. The fourth-order valence-corrected chi connectivity index (χ4v) is 2.03. The molecule has 1 aromatic carbocycles. The molecule has 0 fully saturated rings. The molecule has 0 bridgehead atoms. The van der Waals surface area contributed by atoms with E-state index in [1.807, 2.05) is 0 Å². The van der Waals surface area contributed by atoms with E-state index in [9.17, 15) is 8.78 Å². The molecule has 0 aliphatic rings. The van der Waals surface area contributed by atoms with Crippen molar-refractivity contribution >= 4 is 5.82 Å². The van der Waals surface area contributed by atoms with E-state index in [-0.39, 0.29) is 25.0 Å². The first-order valence-corrected chi connectivity index (χ1v) is 7.07. The molecular formula is C16H14F2N4O2. The van der Waals surface area contributed by atoms with Crippen LogP contribution in [0.2, 0.25) is 0 Å². The topological polar surface area (TPSA) is 77.4 Å². The molecule has 2 N–H and O–H groups in total. The number of ether oxygens (including phenoxy) is 1. The summed E-state index contributed by atoms with van der Waals surface area (Å²) in [5.74, 6) is 5.03. The van der Waals surface area contributed by atoms with Crippen molar-refractivity contribution in [1.82, 2.24) is 9.97 Å². The van der Waals surface area contributed by atoms with E-state index < -0.39 is 11.6 Å². The zero-order valence-corrected chi connectivity index (χ0v) is 12.5. The highest BCUT2D eigenvalue weighted by molar-refractivity contribution is 5.39. The lowest BCUT2D eigenvalue weighted by Gasteiger charge is -2.18. The normalized spacial score (nSPS) is 10.6. The van der Waals surface area contributed by atoms with Crippen molar-refractivity contribution in [2.45, 2.75) is 13.2 Å². The van der Waals surface area contributed by atoms with Gasteiger partial charge in [0, 0.05) is 5.56 Å². The smallest absolute Gasteiger partial charge is 0.319 e. The van der Waals surface area contributed by atoms with Gasteiger partial charge in [0.25, 0.3) is 0 Å². The fourth-order valence-electron chi connectivity index (χ4n) is 2.03. The standard InChI is InChI=1S/C16H14F2N4O2/c17-13-6-2-1-4-11(13)9-22(19)15-14(18)8-20-16(21-15)24-10-12-5-3-7-23-12/h1-8H,9-10,19H2. The van der Waals surface area contributed by atoms with Gasteiger partial charge < -0.3 is 9.15 Å². The van der Waals surface area contributed by atoms with E-state index in [0.717, 1.165) is 11.2 Å². The van der Waals surface area contributed by atoms with Crippen molar-refractivity contribution in [3.63, 3.8) is 0 Å². The van der Waals surface area contributed by atoms with Gasteiger partial charge in [-0.1, -0.05) is 18.2 Å². The lowest BCUT2D eigenvalue weighted by Crippen LogP contribution is -2.32. The molecule has 0 unspecified atom stereocenters. The van der Waals surface area contributed by atoms with Crippen LogP contribution in [0.25, 0.3) is 0 Å². The summed E-state index contributed by atoms with van der Waals surface area (Å²) in [5.41, 5.74) is 0.316. The second kappa shape index (κ2) is 7.05. The number of hydrogen-bond acceptors (Lipinski definition) is 6. The molecule has 124 valence electrons. The Morgan fingerprint density at radius 2 is 1.96 bits per heavy atom. The Morgan fingerprint density at radius 1 is 1.12 bits per heavy atom. The van der Waals surface area contributed by atoms with Crippen molar-refractivity contribution in [2.75, 3.05) is 5.01 Å². The van der Waals surface area contributed by atoms with Crippen molar-refractivity contribution < 1.29 is 17.9 Å². The number of hydrazine groups is 1. The summed E-state index contributed by atoms with van der Waals surface area (Å²) in [4.78, 5) is 7.67. The predicted molar refractivity (Wildman–Crippen MR) is 81.8 cm³/mol. The fraction of sp³-hybridized carbons (Fsp3) is 0.125. The number of benzene rings is 1. The molecule has 24 heavy (non-hydrogen) atoms. The van der Waals surface area contributed by atoms with Crippen molar-refractivity contribution in [1.29, 1.82) is 0 Å². The van der Waals surface area contributed by atoms with Crippen LogP contribution in [0, 0.1) is 11.6 Å². The highest BCUT2D eigenvalue weighted by Crippen LogP contribution is 2.19. The zero-order valence-electron chi connectivity index (χ0n) is 12.5. The summed E-state index contributed by atoms with van der Waals surface area (Å²) in [6.07, 6.45) is 2.45. The van der Waals surface area contributed by atoms with Gasteiger partial charge in [-0.05, 0) is 18.2 Å². The molecule has 0 spiro atoms. The Morgan fingerprint density at radius 3 is 2.71 bits per heavy atom. The minimum Gasteiger partial charge on any atom is -0.466 e. The highest BCUT2D eigenvalue weighted by atomic mass is 19.1. The molecule has 0 atom stereocenters. The van der Waals surface area contributed by atoms with Crippen LogP contribution in [-0.2, 0) is 13.2 Å². The van der Waals surface area contributed by atoms with Crippen LogP contribution in [0.1, 0.15) is 11.3 Å². The number of halogens is 2. The molecule has 3 rings (SSSR count). The van der Waals surface area contributed by atoms with Crippen LogP contribution in [0.4, 0.5) is 14.6 Å². The second-order valence-electron chi connectivity index (χ2n) is 4.91. The van der Waals surface area contributed by atoms with Gasteiger partial charge in [-0.15, -0.1) is 0 Å². The van der Waals surface area contributed by atoms with Crippen LogP contribution >= 0.6 is 0 Å². The minimum absolute atomic E-state index is 0.0573. The Labute approximate surface area is 136 Å². The second-order valence-corrected chi connectivity index (χ2v) is 4.91. The first-order valence-electron chi connectivity index (χ1n) is 7.07. The van der Waals surface area contributed by atoms with E-state index in [1.165, 1.54) is 12.3 Å². The number of rotatable bonds is 6. The SMILES string of the molecule is NN(Cc1ccccc1F)c1nc(OCc2ccco2)ncc1F. The number of nitrogens with two attached hydrogens (primary N) is 1. The highest BCUT2D eigenvalue weighted by Gasteiger charge is 2.15. The lowest BCUT2D eigenvalue weighted by molar-refractivity contribution is 0.249. The third kappa shape index (κ3) is 3.66. The van der Waals surface area contributed by atoms with E-state index in [4.69, 9.17) is 15.0 Å². The van der Waals surface area contributed by atoms with E-state index >= 15 is 0 Å². The first kappa shape index (κ1) is 15.9. The molecule has 0 radical (unpaired) electrons. The molecule has 0 aliphatic heterocycles. The summed E-state index contributed by atoms with van der Waals surface area (Å²) in [7, 11) is 0. The van der Waals surface area contributed by atoms with Gasteiger partial charge in [0.15, 0.2) is 11.6 Å². The van der Waals surface area contributed by atoms with Gasteiger partial charge in [-0.2, -0.15) is 4.98 Å². The summed E-state index contributed by atoms with van der Waals surface area (Å²) in [6, 6.07) is 9.46. The molecule has 0 amide bonds. The van der Waals surface area contributed by atoms with Crippen LogP contribution < -0.4 is 15.6 Å². The van der Waals surface area contributed by atoms with Crippen molar-refractivity contribution in [2.24, 2.45) is 5.84 Å².